The Kier molecular flexibility index (Phi) is 4.58. The molecule has 0 saturated heterocycles. The fourth-order valence-electron chi connectivity index (χ4n) is 2.99. The quantitative estimate of drug-likeness (QED) is 0.366. The van der Waals surface area contributed by atoms with Gasteiger partial charge in [0.1, 0.15) is 0 Å². The Morgan fingerprint density at radius 2 is 1.86 bits per heavy atom. The van der Waals surface area contributed by atoms with Gasteiger partial charge in [-0.25, -0.2) is 0 Å². The molecule has 0 bridgehead atoms. The summed E-state index contributed by atoms with van der Waals surface area (Å²) in [4.78, 5) is 4.32. The van der Waals surface area contributed by atoms with Crippen molar-refractivity contribution in [3.63, 3.8) is 0 Å². The predicted molar refractivity (Wildman–Crippen MR) is 103 cm³/mol. The number of hydrogen-bond acceptors (Lipinski definition) is 4. The first-order valence-electron chi connectivity index (χ1n) is 8.04. The first-order chi connectivity index (χ1) is 13.4. The van der Waals surface area contributed by atoms with Gasteiger partial charge in [0, 0.05) is 26.2 Å². The Morgan fingerprint density at radius 3 is 2.54 bits per heavy atom. The summed E-state index contributed by atoms with van der Waals surface area (Å²) in [6.07, 6.45) is -3.11. The number of fused-ring (bicyclic) bond motifs is 1. The molecule has 0 saturated carbocycles. The Morgan fingerprint density at radius 1 is 1.11 bits per heavy atom. The highest BCUT2D eigenvalue weighted by molar-refractivity contribution is 14.1. The Hall–Kier alpha value is -2.87. The standard InChI is InChI=1S/C19H10F3IN4O/c20-19(21,22)17-12(9-24)3-6-15-14(17)7-8-27(15)10-16-25-18(28-26-16)11-1-4-13(23)5-2-11/h1-8H,10H2. The summed E-state index contributed by atoms with van der Waals surface area (Å²) in [7, 11) is 0. The lowest BCUT2D eigenvalue weighted by molar-refractivity contribution is -0.136. The number of alkyl halides is 3. The lowest BCUT2D eigenvalue weighted by atomic mass is 10.0. The maximum atomic E-state index is 13.4. The minimum atomic E-state index is -4.62. The van der Waals surface area contributed by atoms with Crippen molar-refractivity contribution in [3.05, 3.63) is 69.2 Å². The lowest BCUT2D eigenvalue weighted by Gasteiger charge is -2.11. The summed E-state index contributed by atoms with van der Waals surface area (Å²) in [5.74, 6) is 0.676. The molecule has 5 nitrogen and oxygen atoms in total. The zero-order chi connectivity index (χ0) is 19.9. The fourth-order valence-corrected chi connectivity index (χ4v) is 3.35. The van der Waals surface area contributed by atoms with Crippen LogP contribution in [0.15, 0.2) is 53.2 Å². The summed E-state index contributed by atoms with van der Waals surface area (Å²) in [6, 6.07) is 13.1. The van der Waals surface area contributed by atoms with E-state index in [1.54, 1.807) is 10.6 Å². The van der Waals surface area contributed by atoms with E-state index in [-0.39, 0.29) is 11.9 Å². The fraction of sp³-hybridized carbons (Fsp3) is 0.105. The van der Waals surface area contributed by atoms with Crippen LogP contribution in [0.25, 0.3) is 22.4 Å². The van der Waals surface area contributed by atoms with Gasteiger partial charge in [-0.1, -0.05) is 5.16 Å². The smallest absolute Gasteiger partial charge is 0.340 e. The van der Waals surface area contributed by atoms with Crippen LogP contribution >= 0.6 is 22.6 Å². The Bertz CT molecular complexity index is 1200. The molecule has 140 valence electrons. The summed E-state index contributed by atoms with van der Waals surface area (Å²) in [5.41, 5.74) is -0.237. The number of aromatic nitrogens is 3. The maximum Gasteiger partial charge on any atom is 0.418 e. The third kappa shape index (κ3) is 3.35. The van der Waals surface area contributed by atoms with Crippen molar-refractivity contribution in [2.45, 2.75) is 12.7 Å². The van der Waals surface area contributed by atoms with E-state index in [2.05, 4.69) is 32.7 Å². The second kappa shape index (κ2) is 6.94. The number of rotatable bonds is 3. The SMILES string of the molecule is N#Cc1ccc2c(ccn2Cc2noc(-c3ccc(I)cc3)n2)c1C(F)(F)F. The van der Waals surface area contributed by atoms with Crippen LogP contribution in [0.1, 0.15) is 17.0 Å². The van der Waals surface area contributed by atoms with E-state index in [4.69, 9.17) is 9.78 Å². The van der Waals surface area contributed by atoms with Gasteiger partial charge in [0.05, 0.1) is 23.7 Å². The highest BCUT2D eigenvalue weighted by Gasteiger charge is 2.36. The molecule has 0 atom stereocenters. The molecular formula is C19H10F3IN4O. The van der Waals surface area contributed by atoms with E-state index in [1.165, 1.54) is 24.4 Å². The van der Waals surface area contributed by atoms with E-state index >= 15 is 0 Å². The molecule has 0 aliphatic carbocycles. The maximum absolute atomic E-state index is 13.4. The molecule has 4 rings (SSSR count). The molecule has 0 N–H and O–H groups in total. The molecule has 28 heavy (non-hydrogen) atoms. The van der Waals surface area contributed by atoms with Crippen LogP contribution in [0.4, 0.5) is 13.2 Å². The molecule has 4 aromatic rings. The topological polar surface area (TPSA) is 67.6 Å². The third-order valence-electron chi connectivity index (χ3n) is 4.23. The molecule has 2 heterocycles. The first-order valence-corrected chi connectivity index (χ1v) is 9.12. The Labute approximate surface area is 170 Å². The lowest BCUT2D eigenvalue weighted by Crippen LogP contribution is -2.09. The summed E-state index contributed by atoms with van der Waals surface area (Å²) in [6.45, 7) is 0.139. The van der Waals surface area contributed by atoms with Crippen LogP contribution in [0.5, 0.6) is 0 Å². The molecule has 0 fully saturated rings. The molecule has 0 radical (unpaired) electrons. The molecule has 0 amide bonds. The van der Waals surface area contributed by atoms with Gasteiger partial charge in [-0.3, -0.25) is 0 Å². The van der Waals surface area contributed by atoms with Crippen LogP contribution in [0.3, 0.4) is 0 Å². The zero-order valence-corrected chi connectivity index (χ0v) is 16.2. The van der Waals surface area contributed by atoms with Gasteiger partial charge in [-0.05, 0) is 65.1 Å². The van der Waals surface area contributed by atoms with Gasteiger partial charge in [-0.2, -0.15) is 23.4 Å². The predicted octanol–water partition coefficient (Wildman–Crippen LogP) is 5.23. The molecule has 0 aliphatic rings. The number of benzene rings is 2. The van der Waals surface area contributed by atoms with Crippen molar-refractivity contribution in [3.8, 4) is 17.5 Å². The van der Waals surface area contributed by atoms with Crippen LogP contribution in [0.2, 0.25) is 0 Å². The minimum Gasteiger partial charge on any atom is -0.340 e. The van der Waals surface area contributed by atoms with E-state index in [1.807, 2.05) is 24.3 Å². The molecule has 2 aromatic heterocycles. The van der Waals surface area contributed by atoms with Gasteiger partial charge in [0.2, 0.25) is 0 Å². The molecule has 2 aromatic carbocycles. The van der Waals surface area contributed by atoms with Crippen molar-refractivity contribution in [2.24, 2.45) is 0 Å². The van der Waals surface area contributed by atoms with Crippen LogP contribution < -0.4 is 0 Å². The van der Waals surface area contributed by atoms with Crippen molar-refractivity contribution in [1.82, 2.24) is 14.7 Å². The van der Waals surface area contributed by atoms with Crippen molar-refractivity contribution in [1.29, 1.82) is 5.26 Å². The number of nitriles is 1. The first kappa shape index (κ1) is 18.5. The second-order valence-corrected chi connectivity index (χ2v) is 7.24. The highest BCUT2D eigenvalue weighted by atomic mass is 127. The Balaban J connectivity index is 1.70. The molecule has 0 spiro atoms. The van der Waals surface area contributed by atoms with Crippen LogP contribution in [0, 0.1) is 14.9 Å². The third-order valence-corrected chi connectivity index (χ3v) is 4.95. The molecule has 0 unspecified atom stereocenters. The number of nitrogens with zero attached hydrogens (tertiary/aromatic N) is 4. The van der Waals surface area contributed by atoms with Crippen molar-refractivity contribution in [2.75, 3.05) is 0 Å². The van der Waals surface area contributed by atoms with Gasteiger partial charge in [0.25, 0.3) is 5.89 Å². The largest absolute Gasteiger partial charge is 0.418 e. The normalized spacial score (nSPS) is 11.7. The monoisotopic (exact) mass is 494 g/mol. The number of hydrogen-bond donors (Lipinski definition) is 0. The van der Waals surface area contributed by atoms with Crippen molar-refractivity contribution >= 4 is 33.5 Å². The van der Waals surface area contributed by atoms with Crippen LogP contribution in [-0.2, 0) is 12.7 Å². The van der Waals surface area contributed by atoms with Gasteiger partial charge in [0.15, 0.2) is 5.82 Å². The van der Waals surface area contributed by atoms with E-state index < -0.39 is 17.3 Å². The average Bonchev–Trinajstić information content (AvgIpc) is 3.28. The average molecular weight is 494 g/mol. The van der Waals surface area contributed by atoms with Crippen molar-refractivity contribution < 1.29 is 17.7 Å². The summed E-state index contributed by atoms with van der Waals surface area (Å²) >= 11 is 2.19. The zero-order valence-electron chi connectivity index (χ0n) is 14.0. The second-order valence-electron chi connectivity index (χ2n) is 6.00. The molecular weight excluding hydrogens is 484 g/mol. The van der Waals surface area contributed by atoms with Gasteiger partial charge < -0.3 is 9.09 Å². The molecule has 9 heteroatoms. The van der Waals surface area contributed by atoms with E-state index in [0.29, 0.717) is 17.2 Å². The number of halogens is 4. The van der Waals surface area contributed by atoms with E-state index in [9.17, 15) is 13.2 Å². The summed E-state index contributed by atoms with van der Waals surface area (Å²) < 4.78 is 48.2. The van der Waals surface area contributed by atoms with Gasteiger partial charge >= 0.3 is 6.18 Å². The molecule has 0 aliphatic heterocycles. The van der Waals surface area contributed by atoms with E-state index in [0.717, 1.165) is 9.13 Å². The minimum absolute atomic E-state index is 0.0343. The highest BCUT2D eigenvalue weighted by Crippen LogP contribution is 2.37. The van der Waals surface area contributed by atoms with Crippen LogP contribution in [-0.4, -0.2) is 14.7 Å². The van der Waals surface area contributed by atoms with Gasteiger partial charge in [-0.15, -0.1) is 0 Å². The summed E-state index contributed by atoms with van der Waals surface area (Å²) in [5, 5.41) is 12.9.